The number of aryl methyl sites for hydroxylation is 1. The van der Waals surface area contributed by atoms with Crippen molar-refractivity contribution in [1.29, 1.82) is 0 Å². The number of ether oxygens (including phenoxy) is 1. The van der Waals surface area contributed by atoms with Crippen LogP contribution in [0.15, 0.2) is 9.32 Å². The molecule has 1 N–H and O–H groups in total. The minimum atomic E-state index is -0.550. The van der Waals surface area contributed by atoms with Crippen molar-refractivity contribution in [2.24, 2.45) is 0 Å². The van der Waals surface area contributed by atoms with Crippen LogP contribution in [0, 0.1) is 0 Å². The molecule has 1 aliphatic carbocycles. The molecule has 19 heavy (non-hydrogen) atoms. The third-order valence-corrected chi connectivity index (χ3v) is 3.18. The summed E-state index contributed by atoms with van der Waals surface area (Å²) in [6.07, 6.45) is 1.93. The highest BCUT2D eigenvalue weighted by molar-refractivity contribution is 5.68. The number of rotatable bonds is 1. The number of fused-ring (bicyclic) bond motifs is 1. The molecule has 0 unspecified atom stereocenters. The molecule has 2 rings (SSSR count). The van der Waals surface area contributed by atoms with Crippen molar-refractivity contribution in [3.63, 3.8) is 0 Å². The lowest BCUT2D eigenvalue weighted by atomic mass is 9.93. The molecular weight excluding hydrogens is 248 g/mol. The molecule has 0 aliphatic heterocycles. The van der Waals surface area contributed by atoms with E-state index in [1.165, 1.54) is 4.90 Å². The zero-order chi connectivity index (χ0) is 14.2. The van der Waals surface area contributed by atoms with Crippen LogP contribution < -0.4 is 5.56 Å². The lowest BCUT2D eigenvalue weighted by Gasteiger charge is -2.31. The predicted molar refractivity (Wildman–Crippen MR) is 69.0 cm³/mol. The smallest absolute Gasteiger partial charge is 0.410 e. The number of hydrogen-bond acceptors (Lipinski definition) is 4. The highest BCUT2D eigenvalue weighted by atomic mass is 16.6. The number of hydrogen-bond donors (Lipinski definition) is 1. The largest absolute Gasteiger partial charge is 0.444 e. The van der Waals surface area contributed by atoms with E-state index in [2.05, 4.69) is 5.16 Å². The van der Waals surface area contributed by atoms with Crippen molar-refractivity contribution in [3.05, 3.63) is 21.7 Å². The van der Waals surface area contributed by atoms with Gasteiger partial charge in [0.05, 0.1) is 11.6 Å². The van der Waals surface area contributed by atoms with Crippen LogP contribution in [0.5, 0.6) is 0 Å². The molecular formula is C13H20N2O4. The van der Waals surface area contributed by atoms with Crippen LogP contribution in [0.4, 0.5) is 4.79 Å². The normalized spacial score (nSPS) is 18.8. The van der Waals surface area contributed by atoms with Gasteiger partial charge in [-0.15, -0.1) is 0 Å². The summed E-state index contributed by atoms with van der Waals surface area (Å²) in [6, 6.07) is -0.277. The summed E-state index contributed by atoms with van der Waals surface area (Å²) in [6.45, 7) is 5.45. The van der Waals surface area contributed by atoms with Gasteiger partial charge in [0.1, 0.15) is 11.4 Å². The van der Waals surface area contributed by atoms with Crippen molar-refractivity contribution >= 4 is 6.09 Å². The Kier molecular flexibility index (Phi) is 3.43. The Morgan fingerprint density at radius 3 is 2.79 bits per heavy atom. The van der Waals surface area contributed by atoms with Crippen molar-refractivity contribution in [1.82, 2.24) is 10.1 Å². The maximum atomic E-state index is 12.1. The molecule has 1 aromatic heterocycles. The van der Waals surface area contributed by atoms with Gasteiger partial charge in [0, 0.05) is 13.5 Å². The van der Waals surface area contributed by atoms with Gasteiger partial charge < -0.3 is 14.2 Å². The van der Waals surface area contributed by atoms with Crippen LogP contribution in [-0.4, -0.2) is 28.8 Å². The molecule has 0 fully saturated rings. The SMILES string of the molecule is CN(C(=O)OC(C)(C)C)[C@@H]1CCCc2o[nH]c(=O)c21. The third-order valence-electron chi connectivity index (χ3n) is 3.18. The molecule has 106 valence electrons. The molecule has 1 atom stereocenters. The fraction of sp³-hybridized carbons (Fsp3) is 0.692. The second kappa shape index (κ2) is 4.75. The molecule has 1 aliphatic rings. The fourth-order valence-corrected chi connectivity index (χ4v) is 2.32. The van der Waals surface area contributed by atoms with E-state index in [0.717, 1.165) is 19.3 Å². The first-order valence-electron chi connectivity index (χ1n) is 6.45. The number of amides is 1. The van der Waals surface area contributed by atoms with Crippen LogP contribution in [0.3, 0.4) is 0 Å². The molecule has 1 aromatic rings. The third kappa shape index (κ3) is 2.83. The van der Waals surface area contributed by atoms with E-state index in [4.69, 9.17) is 9.26 Å². The number of H-pyrrole nitrogens is 1. The van der Waals surface area contributed by atoms with Gasteiger partial charge >= 0.3 is 6.09 Å². The Bertz CT molecular complexity index is 523. The first kappa shape index (κ1) is 13.7. The Hall–Kier alpha value is -1.72. The molecule has 1 heterocycles. The van der Waals surface area contributed by atoms with Gasteiger partial charge in [-0.2, -0.15) is 5.16 Å². The molecule has 0 saturated carbocycles. The quantitative estimate of drug-likeness (QED) is 0.847. The zero-order valence-electron chi connectivity index (χ0n) is 11.8. The number of aromatic nitrogens is 1. The maximum absolute atomic E-state index is 12.1. The lowest BCUT2D eigenvalue weighted by Crippen LogP contribution is -2.39. The first-order valence-corrected chi connectivity index (χ1v) is 6.45. The molecule has 0 radical (unpaired) electrons. The molecule has 0 spiro atoms. The summed E-state index contributed by atoms with van der Waals surface area (Å²) in [5, 5.41) is 2.34. The molecule has 6 heteroatoms. The van der Waals surface area contributed by atoms with E-state index in [0.29, 0.717) is 11.3 Å². The Labute approximate surface area is 111 Å². The van der Waals surface area contributed by atoms with Gasteiger partial charge in [-0.3, -0.25) is 4.79 Å². The maximum Gasteiger partial charge on any atom is 0.410 e. The summed E-state index contributed by atoms with van der Waals surface area (Å²) < 4.78 is 10.5. The highest BCUT2D eigenvalue weighted by Gasteiger charge is 2.33. The van der Waals surface area contributed by atoms with E-state index in [9.17, 15) is 9.59 Å². The van der Waals surface area contributed by atoms with Gasteiger partial charge in [-0.25, -0.2) is 4.79 Å². The lowest BCUT2D eigenvalue weighted by molar-refractivity contribution is 0.0202. The summed E-state index contributed by atoms with van der Waals surface area (Å²) in [4.78, 5) is 25.3. The van der Waals surface area contributed by atoms with Crippen molar-refractivity contribution in [2.75, 3.05) is 7.05 Å². The van der Waals surface area contributed by atoms with Crippen LogP contribution in [-0.2, 0) is 11.2 Å². The molecule has 0 aromatic carbocycles. The van der Waals surface area contributed by atoms with E-state index < -0.39 is 11.7 Å². The monoisotopic (exact) mass is 268 g/mol. The average molecular weight is 268 g/mol. The predicted octanol–water partition coefficient (Wildman–Crippen LogP) is 2.21. The molecule has 0 bridgehead atoms. The van der Waals surface area contributed by atoms with Crippen molar-refractivity contribution in [2.45, 2.75) is 51.7 Å². The van der Waals surface area contributed by atoms with Crippen molar-refractivity contribution < 1.29 is 14.1 Å². The Morgan fingerprint density at radius 1 is 1.47 bits per heavy atom. The standard InChI is InChI=1S/C13H20N2O4/c1-13(2,3)18-12(17)15(4)8-6-5-7-9-10(8)11(16)14-19-9/h8H,5-7H2,1-4H3,(H,14,16)/t8-/m1/s1. The summed E-state index contributed by atoms with van der Waals surface area (Å²) in [7, 11) is 1.65. The number of carbonyl (C=O) groups excluding carboxylic acids is 1. The van der Waals surface area contributed by atoms with Crippen LogP contribution >= 0.6 is 0 Å². The van der Waals surface area contributed by atoms with Crippen molar-refractivity contribution in [3.8, 4) is 0 Å². The van der Waals surface area contributed by atoms with Gasteiger partial charge in [0.25, 0.3) is 5.56 Å². The number of aromatic amines is 1. The second-order valence-corrected chi connectivity index (χ2v) is 5.87. The Balaban J connectivity index is 2.21. The minimum absolute atomic E-state index is 0.255. The highest BCUT2D eigenvalue weighted by Crippen LogP contribution is 2.31. The second-order valence-electron chi connectivity index (χ2n) is 5.87. The molecule has 6 nitrogen and oxygen atoms in total. The molecule has 1 amide bonds. The van der Waals surface area contributed by atoms with Gasteiger partial charge in [-0.1, -0.05) is 0 Å². The first-order chi connectivity index (χ1) is 8.79. The van der Waals surface area contributed by atoms with Crippen LogP contribution in [0.25, 0.3) is 0 Å². The van der Waals surface area contributed by atoms with Gasteiger partial charge in [0.15, 0.2) is 0 Å². The van der Waals surface area contributed by atoms with Crippen LogP contribution in [0.1, 0.15) is 51.0 Å². The summed E-state index contributed by atoms with van der Waals surface area (Å²) in [5.41, 5.74) is -0.249. The summed E-state index contributed by atoms with van der Waals surface area (Å²) in [5.74, 6) is 0.650. The average Bonchev–Trinajstić information content (AvgIpc) is 2.68. The van der Waals surface area contributed by atoms with E-state index in [1.807, 2.05) is 20.8 Å². The summed E-state index contributed by atoms with van der Waals surface area (Å²) >= 11 is 0. The number of carbonyl (C=O) groups is 1. The van der Waals surface area contributed by atoms with Crippen LogP contribution in [0.2, 0.25) is 0 Å². The minimum Gasteiger partial charge on any atom is -0.444 e. The topological polar surface area (TPSA) is 75.5 Å². The zero-order valence-corrected chi connectivity index (χ0v) is 11.8. The number of nitrogens with zero attached hydrogens (tertiary/aromatic N) is 1. The Morgan fingerprint density at radius 2 is 2.16 bits per heavy atom. The number of nitrogens with one attached hydrogen (secondary N) is 1. The van der Waals surface area contributed by atoms with E-state index in [1.54, 1.807) is 7.05 Å². The van der Waals surface area contributed by atoms with Gasteiger partial charge in [-0.05, 0) is 33.6 Å². The van der Waals surface area contributed by atoms with E-state index in [-0.39, 0.29) is 11.6 Å². The van der Waals surface area contributed by atoms with E-state index >= 15 is 0 Å². The molecule has 0 saturated heterocycles. The van der Waals surface area contributed by atoms with Gasteiger partial charge in [0.2, 0.25) is 0 Å². The fourth-order valence-electron chi connectivity index (χ4n) is 2.32.